The topological polar surface area (TPSA) is 82.3 Å². The highest BCUT2D eigenvalue weighted by atomic mass is 32.2. The molecular weight excluding hydrogens is 244 g/mol. The Bertz CT molecular complexity index is 298. The van der Waals surface area contributed by atoms with Gasteiger partial charge in [0.2, 0.25) is 5.16 Å². The van der Waals surface area contributed by atoms with Gasteiger partial charge in [-0.05, 0) is 16.8 Å². The molecule has 8 heteroatoms. The molecule has 17 heavy (non-hydrogen) atoms. The third-order valence-electron chi connectivity index (χ3n) is 1.91. The maximum atomic E-state index is 8.79. The molecular formula is C9H18N4O3S. The molecule has 0 saturated carbocycles. The summed E-state index contributed by atoms with van der Waals surface area (Å²) < 4.78 is 11.9. The number of rotatable bonds is 10. The van der Waals surface area contributed by atoms with Gasteiger partial charge >= 0.3 is 0 Å². The van der Waals surface area contributed by atoms with Gasteiger partial charge in [0.05, 0.1) is 19.8 Å². The van der Waals surface area contributed by atoms with Gasteiger partial charge in [0.25, 0.3) is 0 Å². The summed E-state index contributed by atoms with van der Waals surface area (Å²) in [5.41, 5.74) is 0. The van der Waals surface area contributed by atoms with Crippen LogP contribution in [0.2, 0.25) is 0 Å². The zero-order chi connectivity index (χ0) is 12.3. The van der Waals surface area contributed by atoms with Gasteiger partial charge in [0, 0.05) is 26.1 Å². The van der Waals surface area contributed by atoms with E-state index < -0.39 is 0 Å². The van der Waals surface area contributed by atoms with Crippen LogP contribution in [0.4, 0.5) is 0 Å². The van der Waals surface area contributed by atoms with Crippen LogP contribution in [0.15, 0.2) is 5.16 Å². The highest BCUT2D eigenvalue weighted by Crippen LogP contribution is 2.12. The SMILES string of the molecule is COCCCOCCSc1nnnn1CCO. The Morgan fingerprint density at radius 3 is 3.00 bits per heavy atom. The molecule has 0 saturated heterocycles. The third kappa shape index (κ3) is 5.97. The second kappa shape index (κ2) is 9.34. The van der Waals surface area contributed by atoms with Crippen molar-refractivity contribution in [2.45, 2.75) is 18.1 Å². The van der Waals surface area contributed by atoms with E-state index in [1.165, 1.54) is 11.8 Å². The van der Waals surface area contributed by atoms with Crippen LogP contribution in [0, 0.1) is 0 Å². The normalized spacial score (nSPS) is 10.9. The summed E-state index contributed by atoms with van der Waals surface area (Å²) in [7, 11) is 1.68. The van der Waals surface area contributed by atoms with Crippen molar-refractivity contribution in [3.8, 4) is 0 Å². The van der Waals surface area contributed by atoms with E-state index in [1.807, 2.05) is 0 Å². The fraction of sp³-hybridized carbons (Fsp3) is 0.889. The van der Waals surface area contributed by atoms with Crippen LogP contribution in [-0.4, -0.2) is 64.6 Å². The molecule has 0 aromatic carbocycles. The van der Waals surface area contributed by atoms with Crippen molar-refractivity contribution in [2.75, 3.05) is 39.3 Å². The molecule has 0 amide bonds. The lowest BCUT2D eigenvalue weighted by Gasteiger charge is -2.04. The lowest BCUT2D eigenvalue weighted by molar-refractivity contribution is 0.113. The van der Waals surface area contributed by atoms with E-state index >= 15 is 0 Å². The smallest absolute Gasteiger partial charge is 0.209 e. The monoisotopic (exact) mass is 262 g/mol. The van der Waals surface area contributed by atoms with E-state index in [0.717, 1.165) is 18.8 Å². The Kier molecular flexibility index (Phi) is 7.89. The summed E-state index contributed by atoms with van der Waals surface area (Å²) in [4.78, 5) is 0. The number of ether oxygens (including phenoxy) is 2. The van der Waals surface area contributed by atoms with Gasteiger partial charge in [0.15, 0.2) is 0 Å². The summed E-state index contributed by atoms with van der Waals surface area (Å²) in [5.74, 6) is 0.790. The van der Waals surface area contributed by atoms with Crippen LogP contribution in [-0.2, 0) is 16.0 Å². The van der Waals surface area contributed by atoms with Crippen molar-refractivity contribution in [1.29, 1.82) is 0 Å². The van der Waals surface area contributed by atoms with E-state index in [4.69, 9.17) is 14.6 Å². The molecule has 0 unspecified atom stereocenters. The predicted molar refractivity (Wildman–Crippen MR) is 62.9 cm³/mol. The number of hydrogen-bond acceptors (Lipinski definition) is 7. The lowest BCUT2D eigenvalue weighted by Crippen LogP contribution is -2.07. The first-order valence-electron chi connectivity index (χ1n) is 5.45. The van der Waals surface area contributed by atoms with Gasteiger partial charge in [-0.3, -0.25) is 0 Å². The van der Waals surface area contributed by atoms with E-state index in [-0.39, 0.29) is 6.61 Å². The van der Waals surface area contributed by atoms with Crippen LogP contribution in [0.5, 0.6) is 0 Å². The molecule has 1 heterocycles. The second-order valence-corrected chi connectivity index (χ2v) is 4.28. The number of tetrazole rings is 1. The number of aliphatic hydroxyl groups excluding tert-OH is 1. The molecule has 0 fully saturated rings. The number of methoxy groups -OCH3 is 1. The largest absolute Gasteiger partial charge is 0.394 e. The van der Waals surface area contributed by atoms with Gasteiger partial charge in [-0.15, -0.1) is 5.10 Å². The fourth-order valence-corrected chi connectivity index (χ4v) is 1.89. The first-order chi connectivity index (χ1) is 8.38. The Labute approximate surface area is 104 Å². The average molecular weight is 262 g/mol. The number of nitrogens with zero attached hydrogens (tertiary/aromatic N) is 4. The minimum atomic E-state index is 0.0338. The molecule has 0 bridgehead atoms. The number of aliphatic hydroxyl groups is 1. The highest BCUT2D eigenvalue weighted by molar-refractivity contribution is 7.99. The predicted octanol–water partition coefficient (Wildman–Crippen LogP) is -0.189. The van der Waals surface area contributed by atoms with Gasteiger partial charge in [0.1, 0.15) is 0 Å². The van der Waals surface area contributed by atoms with Crippen LogP contribution in [0.25, 0.3) is 0 Å². The zero-order valence-corrected chi connectivity index (χ0v) is 10.7. The minimum absolute atomic E-state index is 0.0338. The lowest BCUT2D eigenvalue weighted by atomic mass is 10.5. The summed E-state index contributed by atoms with van der Waals surface area (Å²) in [5, 5.41) is 20.7. The molecule has 1 aromatic heterocycles. The summed E-state index contributed by atoms with van der Waals surface area (Å²) in [6.45, 7) is 2.54. The van der Waals surface area contributed by atoms with E-state index in [9.17, 15) is 0 Å². The van der Waals surface area contributed by atoms with Gasteiger partial charge in [-0.25, -0.2) is 4.68 Å². The maximum absolute atomic E-state index is 8.79. The molecule has 0 aliphatic heterocycles. The zero-order valence-electron chi connectivity index (χ0n) is 9.91. The van der Waals surface area contributed by atoms with Crippen LogP contribution >= 0.6 is 11.8 Å². The van der Waals surface area contributed by atoms with Crippen LogP contribution < -0.4 is 0 Å². The van der Waals surface area contributed by atoms with Crippen molar-refractivity contribution >= 4 is 11.8 Å². The average Bonchev–Trinajstić information content (AvgIpc) is 2.76. The summed E-state index contributed by atoms with van der Waals surface area (Å²) >= 11 is 1.52. The first kappa shape index (κ1) is 14.4. The molecule has 1 aromatic rings. The van der Waals surface area contributed by atoms with Crippen molar-refractivity contribution in [2.24, 2.45) is 0 Å². The second-order valence-electron chi connectivity index (χ2n) is 3.22. The van der Waals surface area contributed by atoms with Gasteiger partial charge in [-0.1, -0.05) is 11.8 Å². The van der Waals surface area contributed by atoms with Gasteiger partial charge < -0.3 is 14.6 Å². The number of hydrogen-bond donors (Lipinski definition) is 1. The molecule has 1 N–H and O–H groups in total. The Morgan fingerprint density at radius 1 is 1.35 bits per heavy atom. The molecule has 0 spiro atoms. The van der Waals surface area contributed by atoms with Crippen LogP contribution in [0.1, 0.15) is 6.42 Å². The number of aromatic nitrogens is 4. The van der Waals surface area contributed by atoms with E-state index in [1.54, 1.807) is 11.8 Å². The first-order valence-corrected chi connectivity index (χ1v) is 6.43. The Morgan fingerprint density at radius 2 is 2.24 bits per heavy atom. The van der Waals surface area contributed by atoms with E-state index in [2.05, 4.69) is 15.5 Å². The van der Waals surface area contributed by atoms with Crippen molar-refractivity contribution in [3.05, 3.63) is 0 Å². The molecule has 0 aliphatic rings. The van der Waals surface area contributed by atoms with Gasteiger partial charge in [-0.2, -0.15) is 0 Å². The summed E-state index contributed by atoms with van der Waals surface area (Å²) in [6, 6.07) is 0. The van der Waals surface area contributed by atoms with E-state index in [0.29, 0.717) is 24.9 Å². The number of thioether (sulfide) groups is 1. The Balaban J connectivity index is 2.07. The molecule has 1 rings (SSSR count). The summed E-state index contributed by atoms with van der Waals surface area (Å²) in [6.07, 6.45) is 0.906. The quantitative estimate of drug-likeness (QED) is 0.462. The third-order valence-corrected chi connectivity index (χ3v) is 2.83. The maximum Gasteiger partial charge on any atom is 0.209 e. The molecule has 98 valence electrons. The molecule has 7 nitrogen and oxygen atoms in total. The fourth-order valence-electron chi connectivity index (χ4n) is 1.13. The molecule has 0 aliphatic carbocycles. The highest BCUT2D eigenvalue weighted by Gasteiger charge is 2.05. The van der Waals surface area contributed by atoms with Crippen molar-refractivity contribution in [1.82, 2.24) is 20.2 Å². The Hall–Kier alpha value is -0.700. The molecule has 0 radical (unpaired) electrons. The standard InChI is InChI=1S/C9H18N4O3S/c1-15-5-2-6-16-7-8-17-9-10-11-12-13(9)3-4-14/h14H,2-8H2,1H3. The molecule has 0 atom stereocenters. The van der Waals surface area contributed by atoms with Crippen LogP contribution in [0.3, 0.4) is 0 Å². The van der Waals surface area contributed by atoms with Crippen molar-refractivity contribution < 1.29 is 14.6 Å². The van der Waals surface area contributed by atoms with Crippen molar-refractivity contribution in [3.63, 3.8) is 0 Å². The minimum Gasteiger partial charge on any atom is -0.394 e.